The summed E-state index contributed by atoms with van der Waals surface area (Å²) in [6.45, 7) is 5.07. The van der Waals surface area contributed by atoms with Crippen LogP contribution in [0.3, 0.4) is 0 Å². The molecular weight excluding hydrogens is 190 g/mol. The van der Waals surface area contributed by atoms with Gasteiger partial charge in [-0.2, -0.15) is 0 Å². The van der Waals surface area contributed by atoms with E-state index >= 15 is 0 Å². The second-order valence-corrected chi connectivity index (χ2v) is 3.26. The number of nitrogens with zero attached hydrogens (tertiary/aromatic N) is 1. The van der Waals surface area contributed by atoms with Crippen LogP contribution < -0.4 is 15.4 Å². The molecule has 0 spiro atoms. The minimum absolute atomic E-state index is 0.782. The van der Waals surface area contributed by atoms with Gasteiger partial charge in [-0.15, -0.1) is 0 Å². The Kier molecular flexibility index (Phi) is 5.55. The zero-order valence-corrected chi connectivity index (χ0v) is 9.42. The van der Waals surface area contributed by atoms with Gasteiger partial charge in [-0.25, -0.2) is 4.98 Å². The van der Waals surface area contributed by atoms with Crippen molar-refractivity contribution in [3.05, 3.63) is 18.3 Å². The summed E-state index contributed by atoms with van der Waals surface area (Å²) >= 11 is 0. The number of aromatic nitrogens is 1. The van der Waals surface area contributed by atoms with Crippen LogP contribution in [0.25, 0.3) is 0 Å². The summed E-state index contributed by atoms with van der Waals surface area (Å²) in [4.78, 5) is 4.20. The van der Waals surface area contributed by atoms with Crippen molar-refractivity contribution in [1.82, 2.24) is 10.3 Å². The Hall–Kier alpha value is -1.29. The average Bonchev–Trinajstić information content (AvgIpc) is 2.30. The molecular formula is C11H19N3O. The van der Waals surface area contributed by atoms with Gasteiger partial charge in [0.05, 0.1) is 13.3 Å². The number of anilines is 1. The molecule has 0 aromatic carbocycles. The first-order valence-electron chi connectivity index (χ1n) is 5.31. The van der Waals surface area contributed by atoms with Crippen LogP contribution in [0.2, 0.25) is 0 Å². The van der Waals surface area contributed by atoms with E-state index in [0.717, 1.165) is 31.2 Å². The van der Waals surface area contributed by atoms with Crippen molar-refractivity contribution in [1.29, 1.82) is 0 Å². The van der Waals surface area contributed by atoms with E-state index < -0.39 is 0 Å². The van der Waals surface area contributed by atoms with Gasteiger partial charge in [0.15, 0.2) is 0 Å². The molecule has 1 aromatic rings. The zero-order chi connectivity index (χ0) is 10.9. The van der Waals surface area contributed by atoms with Crippen LogP contribution in [0.1, 0.15) is 13.3 Å². The van der Waals surface area contributed by atoms with E-state index in [-0.39, 0.29) is 0 Å². The lowest BCUT2D eigenvalue weighted by Crippen LogP contribution is -2.22. The number of ether oxygens (including phenoxy) is 1. The number of methoxy groups -OCH3 is 1. The molecule has 0 radical (unpaired) electrons. The highest BCUT2D eigenvalue weighted by molar-refractivity contribution is 5.37. The highest BCUT2D eigenvalue weighted by Crippen LogP contribution is 2.10. The maximum atomic E-state index is 5.02. The molecule has 0 aliphatic heterocycles. The average molecular weight is 209 g/mol. The minimum Gasteiger partial charge on any atom is -0.495 e. The van der Waals surface area contributed by atoms with E-state index in [0.29, 0.717) is 0 Å². The number of hydrogen-bond acceptors (Lipinski definition) is 4. The fourth-order valence-corrected chi connectivity index (χ4v) is 1.19. The third-order valence-corrected chi connectivity index (χ3v) is 2.01. The van der Waals surface area contributed by atoms with Crippen LogP contribution in [0.4, 0.5) is 5.82 Å². The number of rotatable bonds is 7. The Morgan fingerprint density at radius 3 is 2.73 bits per heavy atom. The van der Waals surface area contributed by atoms with Crippen LogP contribution in [-0.2, 0) is 0 Å². The summed E-state index contributed by atoms with van der Waals surface area (Å²) in [6.07, 6.45) is 2.88. The summed E-state index contributed by atoms with van der Waals surface area (Å²) < 4.78 is 5.02. The van der Waals surface area contributed by atoms with Gasteiger partial charge in [0.2, 0.25) is 0 Å². The fourth-order valence-electron chi connectivity index (χ4n) is 1.19. The summed E-state index contributed by atoms with van der Waals surface area (Å²) in [5, 5.41) is 6.54. The van der Waals surface area contributed by atoms with Crippen molar-refractivity contribution < 1.29 is 4.74 Å². The lowest BCUT2D eigenvalue weighted by molar-refractivity contribution is 0.413. The first-order valence-corrected chi connectivity index (χ1v) is 5.31. The fraction of sp³-hybridized carbons (Fsp3) is 0.545. The van der Waals surface area contributed by atoms with Gasteiger partial charge >= 0.3 is 0 Å². The van der Waals surface area contributed by atoms with E-state index in [1.807, 2.05) is 12.1 Å². The molecule has 1 aromatic heterocycles. The van der Waals surface area contributed by atoms with Gasteiger partial charge in [-0.3, -0.25) is 0 Å². The third-order valence-electron chi connectivity index (χ3n) is 2.01. The van der Waals surface area contributed by atoms with E-state index in [4.69, 9.17) is 4.74 Å². The minimum atomic E-state index is 0.782. The molecule has 15 heavy (non-hydrogen) atoms. The summed E-state index contributed by atoms with van der Waals surface area (Å²) in [6, 6.07) is 3.81. The molecule has 0 amide bonds. The largest absolute Gasteiger partial charge is 0.495 e. The summed E-state index contributed by atoms with van der Waals surface area (Å²) in [5.74, 6) is 1.67. The van der Waals surface area contributed by atoms with Crippen molar-refractivity contribution in [2.24, 2.45) is 0 Å². The summed E-state index contributed by atoms with van der Waals surface area (Å²) in [7, 11) is 1.64. The monoisotopic (exact) mass is 209 g/mol. The smallest absolute Gasteiger partial charge is 0.137 e. The normalized spacial score (nSPS) is 10.0. The molecule has 4 heteroatoms. The Balaban J connectivity index is 2.20. The van der Waals surface area contributed by atoms with Crippen molar-refractivity contribution >= 4 is 5.82 Å². The van der Waals surface area contributed by atoms with E-state index in [1.54, 1.807) is 13.3 Å². The number of nitrogens with one attached hydrogen (secondary N) is 2. The lowest BCUT2D eigenvalue weighted by atomic mass is 10.4. The maximum absolute atomic E-state index is 5.02. The van der Waals surface area contributed by atoms with Gasteiger partial charge in [-0.05, 0) is 25.1 Å². The topological polar surface area (TPSA) is 46.2 Å². The predicted molar refractivity (Wildman–Crippen MR) is 62.4 cm³/mol. The Bertz CT molecular complexity index is 261. The van der Waals surface area contributed by atoms with E-state index in [2.05, 4.69) is 22.5 Å². The Morgan fingerprint density at radius 1 is 1.27 bits per heavy atom. The molecule has 0 saturated heterocycles. The zero-order valence-electron chi connectivity index (χ0n) is 9.42. The standard InChI is InChI=1S/C11H19N3O/c1-3-6-12-7-8-13-11-5-4-10(15-2)9-14-11/h4-5,9,12H,3,6-8H2,1-2H3,(H,13,14). The molecule has 0 unspecified atom stereocenters. The van der Waals surface area contributed by atoms with Crippen LogP contribution in [0.5, 0.6) is 5.75 Å². The highest BCUT2D eigenvalue weighted by Gasteiger charge is 1.94. The molecule has 0 saturated carbocycles. The van der Waals surface area contributed by atoms with Crippen molar-refractivity contribution in [3.63, 3.8) is 0 Å². The van der Waals surface area contributed by atoms with Gasteiger partial charge in [-0.1, -0.05) is 6.92 Å². The molecule has 4 nitrogen and oxygen atoms in total. The Labute approximate surface area is 91.1 Å². The molecule has 1 heterocycles. The first kappa shape index (κ1) is 11.8. The van der Waals surface area contributed by atoms with Crippen molar-refractivity contribution in [3.8, 4) is 5.75 Å². The van der Waals surface area contributed by atoms with E-state index in [1.165, 1.54) is 6.42 Å². The lowest BCUT2D eigenvalue weighted by Gasteiger charge is -2.06. The molecule has 2 N–H and O–H groups in total. The molecule has 1 rings (SSSR count). The highest BCUT2D eigenvalue weighted by atomic mass is 16.5. The third kappa shape index (κ3) is 4.65. The second kappa shape index (κ2) is 7.06. The van der Waals surface area contributed by atoms with Crippen molar-refractivity contribution in [2.75, 3.05) is 32.1 Å². The van der Waals surface area contributed by atoms with Gasteiger partial charge < -0.3 is 15.4 Å². The summed E-state index contributed by atoms with van der Waals surface area (Å²) in [5.41, 5.74) is 0. The predicted octanol–water partition coefficient (Wildman–Crippen LogP) is 1.50. The van der Waals surface area contributed by atoms with Crippen LogP contribution in [0.15, 0.2) is 18.3 Å². The van der Waals surface area contributed by atoms with E-state index in [9.17, 15) is 0 Å². The Morgan fingerprint density at radius 2 is 2.13 bits per heavy atom. The molecule has 84 valence electrons. The van der Waals surface area contributed by atoms with Crippen LogP contribution in [0, 0.1) is 0 Å². The van der Waals surface area contributed by atoms with Crippen LogP contribution >= 0.6 is 0 Å². The van der Waals surface area contributed by atoms with Gasteiger partial charge in [0, 0.05) is 13.1 Å². The molecule has 0 aliphatic carbocycles. The first-order chi connectivity index (χ1) is 7.36. The SMILES string of the molecule is CCCNCCNc1ccc(OC)cn1. The molecule has 0 fully saturated rings. The quantitative estimate of drug-likeness (QED) is 0.668. The second-order valence-electron chi connectivity index (χ2n) is 3.26. The number of pyridine rings is 1. The van der Waals surface area contributed by atoms with Gasteiger partial charge in [0.1, 0.15) is 11.6 Å². The molecule has 0 atom stereocenters. The molecule has 0 bridgehead atoms. The maximum Gasteiger partial charge on any atom is 0.137 e. The van der Waals surface area contributed by atoms with Gasteiger partial charge in [0.25, 0.3) is 0 Å². The van der Waals surface area contributed by atoms with Crippen molar-refractivity contribution in [2.45, 2.75) is 13.3 Å². The van der Waals surface area contributed by atoms with Crippen LogP contribution in [-0.4, -0.2) is 31.7 Å². The molecule has 0 aliphatic rings. The number of hydrogen-bond donors (Lipinski definition) is 2.